The second kappa shape index (κ2) is 9.57. The van der Waals surface area contributed by atoms with E-state index in [0.717, 1.165) is 4.68 Å². The summed E-state index contributed by atoms with van der Waals surface area (Å²) in [4.78, 5) is 12.9. The second-order valence-electron chi connectivity index (χ2n) is 7.77. The molecule has 1 aromatic heterocycles. The maximum absolute atomic E-state index is 13.9. The van der Waals surface area contributed by atoms with Gasteiger partial charge in [-0.15, -0.1) is 0 Å². The SMILES string of the molecule is COc1cc(NC(=O)c2cc3n(n2)[C@H](C(F)(F)F)C[C@H](c2ccc(Cl)cc2)N3)cc(OC)c1OC. The van der Waals surface area contributed by atoms with Crippen LogP contribution in [0.5, 0.6) is 17.2 Å². The Kier molecular flexibility index (Phi) is 6.70. The van der Waals surface area contributed by atoms with E-state index in [1.54, 1.807) is 24.3 Å². The quantitative estimate of drug-likeness (QED) is 0.457. The van der Waals surface area contributed by atoms with Gasteiger partial charge in [0.05, 0.1) is 27.4 Å². The molecule has 0 fully saturated rings. The van der Waals surface area contributed by atoms with Crippen LogP contribution in [0.4, 0.5) is 24.7 Å². The number of halogens is 4. The zero-order valence-corrected chi connectivity index (χ0v) is 19.7. The van der Waals surface area contributed by atoms with E-state index >= 15 is 0 Å². The van der Waals surface area contributed by atoms with E-state index in [0.29, 0.717) is 27.8 Å². The fourth-order valence-electron chi connectivity index (χ4n) is 3.95. The third-order valence-corrected chi connectivity index (χ3v) is 5.87. The van der Waals surface area contributed by atoms with Gasteiger partial charge in [-0.05, 0) is 17.7 Å². The topological polar surface area (TPSA) is 86.6 Å². The van der Waals surface area contributed by atoms with Crippen molar-refractivity contribution in [3.63, 3.8) is 0 Å². The minimum atomic E-state index is -4.57. The number of hydrogen-bond donors (Lipinski definition) is 2. The standard InChI is InChI=1S/C23H22ClF3N4O4/c1-33-17-8-14(9-18(34-2)21(17)35-3)28-22(32)16-11-20-29-15(12-4-6-13(24)7-5-12)10-19(23(25,26)27)31(20)30-16/h4-9,11,15,19,29H,10H2,1-3H3,(H,28,32)/t15-,19+/m1/s1. The van der Waals surface area contributed by atoms with Gasteiger partial charge < -0.3 is 24.8 Å². The Morgan fingerprint density at radius 3 is 2.26 bits per heavy atom. The molecule has 1 aliphatic heterocycles. The first-order chi connectivity index (χ1) is 16.6. The number of carbonyl (C=O) groups is 1. The maximum atomic E-state index is 13.9. The molecule has 8 nitrogen and oxygen atoms in total. The third kappa shape index (κ3) is 4.95. The molecule has 0 aliphatic carbocycles. The van der Waals surface area contributed by atoms with Gasteiger partial charge in [-0.3, -0.25) is 4.79 Å². The van der Waals surface area contributed by atoms with Crippen LogP contribution in [-0.4, -0.2) is 43.2 Å². The van der Waals surface area contributed by atoms with Gasteiger partial charge in [0.25, 0.3) is 5.91 Å². The summed E-state index contributed by atoms with van der Waals surface area (Å²) in [6, 6.07) is 8.29. The molecule has 0 radical (unpaired) electrons. The van der Waals surface area contributed by atoms with Crippen molar-refractivity contribution in [3.8, 4) is 17.2 Å². The molecular formula is C23H22ClF3N4O4. The van der Waals surface area contributed by atoms with Gasteiger partial charge in [-0.1, -0.05) is 23.7 Å². The number of ether oxygens (including phenoxy) is 3. The number of anilines is 2. The van der Waals surface area contributed by atoms with Crippen LogP contribution in [0, 0.1) is 0 Å². The molecule has 0 bridgehead atoms. The first kappa shape index (κ1) is 24.5. The van der Waals surface area contributed by atoms with Crippen molar-refractivity contribution in [2.45, 2.75) is 24.7 Å². The van der Waals surface area contributed by atoms with E-state index in [9.17, 15) is 18.0 Å². The van der Waals surface area contributed by atoms with E-state index in [2.05, 4.69) is 15.7 Å². The van der Waals surface area contributed by atoms with Crippen molar-refractivity contribution >= 4 is 29.0 Å². The number of nitrogens with one attached hydrogen (secondary N) is 2. The lowest BCUT2D eigenvalue weighted by atomic mass is 9.97. The number of alkyl halides is 3. The van der Waals surface area contributed by atoms with Crippen molar-refractivity contribution in [2.75, 3.05) is 32.0 Å². The van der Waals surface area contributed by atoms with E-state index in [4.69, 9.17) is 25.8 Å². The molecule has 0 unspecified atom stereocenters. The van der Waals surface area contributed by atoms with Crippen LogP contribution in [-0.2, 0) is 0 Å². The molecule has 12 heteroatoms. The normalized spacial score (nSPS) is 17.2. The number of rotatable bonds is 6. The monoisotopic (exact) mass is 510 g/mol. The summed E-state index contributed by atoms with van der Waals surface area (Å²) in [6.07, 6.45) is -4.87. The molecule has 3 aromatic rings. The molecule has 1 aliphatic rings. The Labute approximate surface area is 203 Å². The van der Waals surface area contributed by atoms with E-state index in [1.807, 2.05) is 0 Å². The van der Waals surface area contributed by atoms with Crippen molar-refractivity contribution in [1.82, 2.24) is 9.78 Å². The van der Waals surface area contributed by atoms with Gasteiger partial charge in [-0.25, -0.2) is 4.68 Å². The van der Waals surface area contributed by atoms with Crippen molar-refractivity contribution in [3.05, 3.63) is 58.7 Å². The van der Waals surface area contributed by atoms with Crippen LogP contribution in [0.1, 0.15) is 34.6 Å². The van der Waals surface area contributed by atoms with Gasteiger partial charge in [0.15, 0.2) is 23.2 Å². The summed E-state index contributed by atoms with van der Waals surface area (Å²) < 4.78 is 58.3. The number of nitrogens with zero attached hydrogens (tertiary/aromatic N) is 2. The van der Waals surface area contributed by atoms with Gasteiger partial charge >= 0.3 is 6.18 Å². The molecule has 35 heavy (non-hydrogen) atoms. The number of benzene rings is 2. The highest BCUT2D eigenvalue weighted by molar-refractivity contribution is 6.30. The Balaban J connectivity index is 1.64. The lowest BCUT2D eigenvalue weighted by molar-refractivity contribution is -0.173. The Morgan fingerprint density at radius 1 is 1.09 bits per heavy atom. The smallest absolute Gasteiger partial charge is 0.410 e. The van der Waals surface area contributed by atoms with Crippen molar-refractivity contribution < 1.29 is 32.2 Å². The predicted octanol–water partition coefficient (Wildman–Crippen LogP) is 5.47. The zero-order valence-electron chi connectivity index (χ0n) is 18.9. The molecule has 2 N–H and O–H groups in total. The van der Waals surface area contributed by atoms with Crippen LogP contribution in [0.2, 0.25) is 5.02 Å². The summed E-state index contributed by atoms with van der Waals surface area (Å²) in [5.41, 5.74) is 0.738. The number of methoxy groups -OCH3 is 3. The van der Waals surface area contributed by atoms with Gasteiger partial charge in [0.1, 0.15) is 5.82 Å². The first-order valence-electron chi connectivity index (χ1n) is 10.4. The van der Waals surface area contributed by atoms with Gasteiger partial charge in [0.2, 0.25) is 5.75 Å². The number of amides is 1. The Bertz CT molecular complexity index is 1210. The minimum absolute atomic E-state index is 0.0774. The summed E-state index contributed by atoms with van der Waals surface area (Å²) in [7, 11) is 4.29. The number of fused-ring (bicyclic) bond motifs is 1. The summed E-state index contributed by atoms with van der Waals surface area (Å²) >= 11 is 5.91. The first-order valence-corrected chi connectivity index (χ1v) is 10.8. The average molecular weight is 511 g/mol. The highest BCUT2D eigenvalue weighted by atomic mass is 35.5. The molecule has 4 rings (SSSR count). The predicted molar refractivity (Wildman–Crippen MR) is 124 cm³/mol. The molecule has 186 valence electrons. The molecule has 2 atom stereocenters. The Hall–Kier alpha value is -3.60. The highest BCUT2D eigenvalue weighted by Crippen LogP contribution is 2.44. The van der Waals surface area contributed by atoms with Gasteiger partial charge in [-0.2, -0.15) is 18.3 Å². The van der Waals surface area contributed by atoms with Crippen LogP contribution < -0.4 is 24.8 Å². The summed E-state index contributed by atoms with van der Waals surface area (Å²) in [6.45, 7) is 0. The van der Waals surface area contributed by atoms with E-state index in [-0.39, 0.29) is 23.6 Å². The number of carbonyl (C=O) groups excluding carboxylic acids is 1. The van der Waals surface area contributed by atoms with Crippen LogP contribution in [0.15, 0.2) is 42.5 Å². The fraction of sp³-hybridized carbons (Fsp3) is 0.304. The van der Waals surface area contributed by atoms with Gasteiger partial charge in [0, 0.05) is 35.3 Å². The number of hydrogen-bond acceptors (Lipinski definition) is 6. The van der Waals surface area contributed by atoms with Crippen LogP contribution >= 0.6 is 11.6 Å². The minimum Gasteiger partial charge on any atom is -0.493 e. The average Bonchev–Trinajstić information content (AvgIpc) is 3.27. The highest BCUT2D eigenvalue weighted by Gasteiger charge is 2.46. The molecule has 0 saturated heterocycles. The summed E-state index contributed by atoms with van der Waals surface area (Å²) in [5, 5.41) is 10.1. The Morgan fingerprint density at radius 2 is 1.71 bits per heavy atom. The molecule has 0 spiro atoms. The molecule has 2 aromatic carbocycles. The van der Waals surface area contributed by atoms with Crippen molar-refractivity contribution in [2.24, 2.45) is 0 Å². The lowest BCUT2D eigenvalue weighted by Crippen LogP contribution is -2.35. The van der Waals surface area contributed by atoms with Crippen LogP contribution in [0.3, 0.4) is 0 Å². The number of aromatic nitrogens is 2. The van der Waals surface area contributed by atoms with E-state index < -0.39 is 24.2 Å². The molecular weight excluding hydrogens is 489 g/mol. The largest absolute Gasteiger partial charge is 0.493 e. The van der Waals surface area contributed by atoms with Crippen LogP contribution in [0.25, 0.3) is 0 Å². The summed E-state index contributed by atoms with van der Waals surface area (Å²) in [5.74, 6) is 0.309. The third-order valence-electron chi connectivity index (χ3n) is 5.62. The fourth-order valence-corrected chi connectivity index (χ4v) is 4.07. The zero-order chi connectivity index (χ0) is 25.3. The molecule has 0 saturated carbocycles. The van der Waals surface area contributed by atoms with Crippen molar-refractivity contribution in [1.29, 1.82) is 0 Å². The maximum Gasteiger partial charge on any atom is 0.410 e. The lowest BCUT2D eigenvalue weighted by Gasteiger charge is -2.33. The second-order valence-corrected chi connectivity index (χ2v) is 8.21. The molecule has 2 heterocycles. The molecule has 1 amide bonds. The van der Waals surface area contributed by atoms with E-state index in [1.165, 1.54) is 39.5 Å².